The topological polar surface area (TPSA) is 32.6 Å². The van der Waals surface area contributed by atoms with Gasteiger partial charge < -0.3 is 14.6 Å². The van der Waals surface area contributed by atoms with Crippen molar-refractivity contribution >= 4 is 5.65 Å². The molecule has 0 spiro atoms. The van der Waals surface area contributed by atoms with E-state index in [9.17, 15) is 0 Å². The molecule has 0 bridgehead atoms. The summed E-state index contributed by atoms with van der Waals surface area (Å²) in [6.07, 6.45) is 8.27. The maximum Gasteiger partial charge on any atom is 0.137 e. The normalized spacial score (nSPS) is 18.4. The van der Waals surface area contributed by atoms with Crippen LogP contribution in [0.3, 0.4) is 0 Å². The Morgan fingerprint density at radius 2 is 2.10 bits per heavy atom. The molecule has 3 heterocycles. The predicted octanol–water partition coefficient (Wildman–Crippen LogP) is 2.30. The summed E-state index contributed by atoms with van der Waals surface area (Å²) < 4.78 is 2.08. The first-order valence-corrected chi connectivity index (χ1v) is 7.69. The highest BCUT2D eigenvalue weighted by Crippen LogP contribution is 2.09. The number of hydrogen-bond acceptors (Lipinski definition) is 3. The van der Waals surface area contributed by atoms with Gasteiger partial charge in [0.1, 0.15) is 5.65 Å². The lowest BCUT2D eigenvalue weighted by Crippen LogP contribution is -2.41. The van der Waals surface area contributed by atoms with Crippen molar-refractivity contribution in [2.75, 3.05) is 19.6 Å². The Hall–Kier alpha value is -1.39. The number of piperidine rings is 1. The van der Waals surface area contributed by atoms with E-state index in [1.54, 1.807) is 0 Å². The van der Waals surface area contributed by atoms with Crippen molar-refractivity contribution in [2.45, 2.75) is 38.8 Å². The van der Waals surface area contributed by atoms with Crippen LogP contribution in [0.25, 0.3) is 5.65 Å². The molecule has 1 atom stereocenters. The number of imidazole rings is 1. The summed E-state index contributed by atoms with van der Waals surface area (Å²) in [5.41, 5.74) is 2.13. The Balaban J connectivity index is 1.50. The lowest BCUT2D eigenvalue weighted by atomic mass is 10.1. The van der Waals surface area contributed by atoms with E-state index in [0.29, 0.717) is 6.04 Å². The number of pyridine rings is 1. The number of nitrogens with zero attached hydrogens (tertiary/aromatic N) is 3. The average molecular weight is 272 g/mol. The molecule has 1 N–H and O–H groups in total. The van der Waals surface area contributed by atoms with Crippen molar-refractivity contribution in [3.63, 3.8) is 0 Å². The summed E-state index contributed by atoms with van der Waals surface area (Å²) >= 11 is 0. The summed E-state index contributed by atoms with van der Waals surface area (Å²) in [6.45, 7) is 6.79. The molecule has 20 heavy (non-hydrogen) atoms. The van der Waals surface area contributed by atoms with Crippen LogP contribution in [0.1, 0.15) is 31.9 Å². The van der Waals surface area contributed by atoms with E-state index < -0.39 is 0 Å². The zero-order chi connectivity index (χ0) is 13.8. The molecule has 0 radical (unpaired) electrons. The third kappa shape index (κ3) is 3.38. The fourth-order valence-corrected chi connectivity index (χ4v) is 2.94. The third-order valence-electron chi connectivity index (χ3n) is 4.03. The van der Waals surface area contributed by atoms with Gasteiger partial charge in [0.05, 0.1) is 5.69 Å². The zero-order valence-corrected chi connectivity index (χ0v) is 12.3. The molecule has 108 valence electrons. The van der Waals surface area contributed by atoms with Crippen LogP contribution in [-0.2, 0) is 6.54 Å². The number of rotatable bonds is 5. The summed E-state index contributed by atoms with van der Waals surface area (Å²) in [5, 5.41) is 3.59. The molecule has 4 nitrogen and oxygen atoms in total. The standard InChI is InChI=1S/C16H24N4/c1-14(12-19-8-4-2-5-9-19)17-11-15-13-20-10-6-3-7-16(20)18-15/h3,6-7,10,13-14,17H,2,4-5,8-9,11-12H2,1H3. The van der Waals surface area contributed by atoms with Gasteiger partial charge in [-0.25, -0.2) is 4.98 Å². The van der Waals surface area contributed by atoms with Gasteiger partial charge >= 0.3 is 0 Å². The minimum atomic E-state index is 0.512. The van der Waals surface area contributed by atoms with E-state index >= 15 is 0 Å². The van der Waals surface area contributed by atoms with Crippen molar-refractivity contribution in [1.82, 2.24) is 19.6 Å². The summed E-state index contributed by atoms with van der Waals surface area (Å²) in [5.74, 6) is 0. The van der Waals surface area contributed by atoms with E-state index in [1.807, 2.05) is 24.4 Å². The van der Waals surface area contributed by atoms with E-state index in [0.717, 1.165) is 24.4 Å². The molecule has 1 aliphatic heterocycles. The molecular weight excluding hydrogens is 248 g/mol. The Kier molecular flexibility index (Phi) is 4.33. The molecule has 1 saturated heterocycles. The van der Waals surface area contributed by atoms with Crippen LogP contribution in [0.15, 0.2) is 30.6 Å². The van der Waals surface area contributed by atoms with Crippen LogP contribution in [0.2, 0.25) is 0 Å². The lowest BCUT2D eigenvalue weighted by molar-refractivity contribution is 0.208. The zero-order valence-electron chi connectivity index (χ0n) is 12.3. The molecule has 1 unspecified atom stereocenters. The summed E-state index contributed by atoms with van der Waals surface area (Å²) in [4.78, 5) is 7.19. The summed E-state index contributed by atoms with van der Waals surface area (Å²) in [7, 11) is 0. The van der Waals surface area contributed by atoms with Gasteiger partial charge in [-0.05, 0) is 45.0 Å². The maximum absolute atomic E-state index is 4.62. The van der Waals surface area contributed by atoms with E-state index in [2.05, 4.69) is 32.7 Å². The molecule has 4 heteroatoms. The Labute approximate surface area is 120 Å². The first-order valence-electron chi connectivity index (χ1n) is 7.69. The van der Waals surface area contributed by atoms with Gasteiger partial charge in [-0.3, -0.25) is 0 Å². The van der Waals surface area contributed by atoms with Crippen molar-refractivity contribution in [3.8, 4) is 0 Å². The number of likely N-dealkylation sites (tertiary alicyclic amines) is 1. The van der Waals surface area contributed by atoms with E-state index in [1.165, 1.54) is 32.4 Å². The van der Waals surface area contributed by atoms with Gasteiger partial charge in [0.2, 0.25) is 0 Å². The number of hydrogen-bond donors (Lipinski definition) is 1. The molecular formula is C16H24N4. The molecule has 3 rings (SSSR count). The molecule has 0 saturated carbocycles. The molecule has 1 aliphatic rings. The van der Waals surface area contributed by atoms with Gasteiger partial charge in [0, 0.05) is 31.5 Å². The average Bonchev–Trinajstić information content (AvgIpc) is 2.89. The smallest absolute Gasteiger partial charge is 0.137 e. The minimum absolute atomic E-state index is 0.512. The molecule has 2 aromatic rings. The molecule has 0 aromatic carbocycles. The van der Waals surface area contributed by atoms with Gasteiger partial charge in [-0.1, -0.05) is 12.5 Å². The summed E-state index contributed by atoms with van der Waals surface area (Å²) in [6, 6.07) is 6.61. The van der Waals surface area contributed by atoms with E-state index in [-0.39, 0.29) is 0 Å². The van der Waals surface area contributed by atoms with Gasteiger partial charge in [-0.15, -0.1) is 0 Å². The van der Waals surface area contributed by atoms with Gasteiger partial charge in [-0.2, -0.15) is 0 Å². The third-order valence-corrected chi connectivity index (χ3v) is 4.03. The fourth-order valence-electron chi connectivity index (χ4n) is 2.94. The van der Waals surface area contributed by atoms with E-state index in [4.69, 9.17) is 0 Å². The van der Waals surface area contributed by atoms with Crippen LogP contribution in [0.4, 0.5) is 0 Å². The first-order chi connectivity index (χ1) is 9.81. The van der Waals surface area contributed by atoms with Crippen molar-refractivity contribution < 1.29 is 0 Å². The van der Waals surface area contributed by atoms with Crippen molar-refractivity contribution in [2.24, 2.45) is 0 Å². The highest BCUT2D eigenvalue weighted by molar-refractivity contribution is 5.39. The largest absolute Gasteiger partial charge is 0.307 e. The monoisotopic (exact) mass is 272 g/mol. The van der Waals surface area contributed by atoms with Crippen molar-refractivity contribution in [1.29, 1.82) is 0 Å². The lowest BCUT2D eigenvalue weighted by Gasteiger charge is -2.29. The second kappa shape index (κ2) is 6.37. The fraction of sp³-hybridized carbons (Fsp3) is 0.562. The second-order valence-corrected chi connectivity index (χ2v) is 5.84. The number of fused-ring (bicyclic) bond motifs is 1. The van der Waals surface area contributed by atoms with Crippen LogP contribution in [-0.4, -0.2) is 40.0 Å². The van der Waals surface area contributed by atoms with Crippen LogP contribution >= 0.6 is 0 Å². The van der Waals surface area contributed by atoms with Crippen LogP contribution in [0, 0.1) is 0 Å². The second-order valence-electron chi connectivity index (χ2n) is 5.84. The molecule has 2 aromatic heterocycles. The van der Waals surface area contributed by atoms with Crippen molar-refractivity contribution in [3.05, 3.63) is 36.3 Å². The molecule has 1 fully saturated rings. The Bertz CT molecular complexity index is 509. The molecule has 0 aliphatic carbocycles. The van der Waals surface area contributed by atoms with Gasteiger partial charge in [0.15, 0.2) is 0 Å². The Morgan fingerprint density at radius 1 is 1.25 bits per heavy atom. The molecule has 0 amide bonds. The predicted molar refractivity (Wildman–Crippen MR) is 81.8 cm³/mol. The first kappa shape index (κ1) is 13.6. The quantitative estimate of drug-likeness (QED) is 0.906. The number of nitrogens with one attached hydrogen (secondary N) is 1. The number of aromatic nitrogens is 2. The van der Waals surface area contributed by atoms with Crippen LogP contribution in [0.5, 0.6) is 0 Å². The van der Waals surface area contributed by atoms with Crippen LogP contribution < -0.4 is 5.32 Å². The maximum atomic E-state index is 4.62. The highest BCUT2D eigenvalue weighted by Gasteiger charge is 2.13. The Morgan fingerprint density at radius 3 is 2.90 bits per heavy atom. The minimum Gasteiger partial charge on any atom is -0.307 e. The SMILES string of the molecule is CC(CN1CCCCC1)NCc1cn2ccccc2n1. The highest BCUT2D eigenvalue weighted by atomic mass is 15.2. The van der Waals surface area contributed by atoms with Gasteiger partial charge in [0.25, 0.3) is 0 Å².